The van der Waals surface area contributed by atoms with Crippen LogP contribution in [0.15, 0.2) is 0 Å². The maximum absolute atomic E-state index is 13.2. The fourth-order valence-electron chi connectivity index (χ4n) is 4.15. The van der Waals surface area contributed by atoms with Gasteiger partial charge in [0.2, 0.25) is 0 Å². The third-order valence-corrected chi connectivity index (χ3v) is 8.23. The highest BCUT2D eigenvalue weighted by molar-refractivity contribution is 7.86. The van der Waals surface area contributed by atoms with Crippen molar-refractivity contribution in [3.8, 4) is 0 Å². The molecule has 0 spiro atoms. The normalized spacial score (nSPS) is 15.3. The summed E-state index contributed by atoms with van der Waals surface area (Å²) in [5.41, 5.74) is 0. The Morgan fingerprint density at radius 2 is 0.612 bits per heavy atom. The number of unbranched alkanes of at least 4 members (excludes halogenated alkanes) is 4. The molecule has 0 rings (SSSR count). The smallest absolute Gasteiger partial charge is 0.460 e. The standard InChI is InChI=1S/C16H36N.C9HF19O3S/c1-5-9-13-17(14-10-6-2,15-11-7-3)16-12-8-4;10-1(11,2(12,13)4(16,17)6(20,21)8(24,25)26)3(14,15)5(18,19)7(22,23)9(27,28)32(29,30)31/h5-16H2,1-4H3;(H,29,30,31)/q+1;/p-1. The maximum Gasteiger partial charge on any atom is 0.460 e. The lowest BCUT2D eigenvalue weighted by atomic mass is 9.89. The van der Waals surface area contributed by atoms with Crippen molar-refractivity contribution >= 4 is 10.1 Å². The van der Waals surface area contributed by atoms with Crippen molar-refractivity contribution in [1.29, 1.82) is 0 Å². The van der Waals surface area contributed by atoms with Gasteiger partial charge in [0.05, 0.1) is 26.2 Å². The Kier molecular flexibility index (Phi) is 16.7. The molecule has 0 aromatic heterocycles. The molecule has 0 aliphatic carbocycles. The molecule has 0 N–H and O–H groups in total. The average molecular weight is 792 g/mol. The second kappa shape index (κ2) is 16.5. The first-order valence-corrected chi connectivity index (χ1v) is 15.8. The summed E-state index contributed by atoms with van der Waals surface area (Å²) in [5, 5.41) is -8.07. The van der Waals surface area contributed by atoms with Crippen molar-refractivity contribution in [2.24, 2.45) is 0 Å². The number of alkyl halides is 19. The Labute approximate surface area is 269 Å². The van der Waals surface area contributed by atoms with Crippen molar-refractivity contribution in [3.05, 3.63) is 0 Å². The minimum atomic E-state index is -9.17. The highest BCUT2D eigenvalue weighted by Crippen LogP contribution is 2.65. The van der Waals surface area contributed by atoms with Crippen LogP contribution < -0.4 is 0 Å². The number of halogens is 19. The second-order valence-corrected chi connectivity index (χ2v) is 12.6. The van der Waals surface area contributed by atoms with E-state index in [-0.39, 0.29) is 0 Å². The van der Waals surface area contributed by atoms with Crippen LogP contribution in [0.4, 0.5) is 83.4 Å². The molecule has 298 valence electrons. The first-order valence-electron chi connectivity index (χ1n) is 14.4. The van der Waals surface area contributed by atoms with E-state index in [2.05, 4.69) is 27.7 Å². The van der Waals surface area contributed by atoms with E-state index >= 15 is 0 Å². The van der Waals surface area contributed by atoms with Gasteiger partial charge in [0.25, 0.3) is 0 Å². The van der Waals surface area contributed by atoms with Crippen LogP contribution in [0, 0.1) is 0 Å². The van der Waals surface area contributed by atoms with Crippen LogP contribution in [-0.2, 0) is 10.1 Å². The molecule has 0 fully saturated rings. The lowest BCUT2D eigenvalue weighted by Crippen LogP contribution is -2.76. The zero-order valence-corrected chi connectivity index (χ0v) is 27.1. The number of hydrogen-bond donors (Lipinski definition) is 0. The van der Waals surface area contributed by atoms with Crippen molar-refractivity contribution < 1.29 is 101 Å². The van der Waals surface area contributed by atoms with Gasteiger partial charge in [0.1, 0.15) is 0 Å². The number of nitrogens with zero attached hydrogens (tertiary/aromatic N) is 1. The van der Waals surface area contributed by atoms with Gasteiger partial charge in [-0.1, -0.05) is 53.4 Å². The van der Waals surface area contributed by atoms with Gasteiger partial charge >= 0.3 is 52.9 Å². The number of hydrogen-bond acceptors (Lipinski definition) is 3. The summed E-state index contributed by atoms with van der Waals surface area (Å²) in [4.78, 5) is 0. The molecule has 0 radical (unpaired) electrons. The molecule has 0 aliphatic rings. The quantitative estimate of drug-likeness (QED) is 0.0701. The molecule has 0 amide bonds. The largest absolute Gasteiger partial charge is 0.743 e. The third-order valence-electron chi connectivity index (χ3n) is 7.35. The Morgan fingerprint density at radius 1 is 0.408 bits per heavy atom. The van der Waals surface area contributed by atoms with Gasteiger partial charge in [0, 0.05) is 0 Å². The molecule has 49 heavy (non-hydrogen) atoms. The van der Waals surface area contributed by atoms with Crippen LogP contribution in [0.1, 0.15) is 79.1 Å². The zero-order chi connectivity index (χ0) is 40.0. The molecular weight excluding hydrogens is 755 g/mol. The summed E-state index contributed by atoms with van der Waals surface area (Å²) < 4.78 is 273. The highest BCUT2D eigenvalue weighted by Gasteiger charge is 2.97. The average Bonchev–Trinajstić information content (AvgIpc) is 2.94. The van der Waals surface area contributed by atoms with Crippen LogP contribution in [0.2, 0.25) is 0 Å². The Balaban J connectivity index is 0. The molecule has 0 aromatic rings. The first-order chi connectivity index (χ1) is 21.5. The fraction of sp³-hybridized carbons (Fsp3) is 1.00. The van der Waals surface area contributed by atoms with Crippen molar-refractivity contribution in [3.63, 3.8) is 0 Å². The Hall–Kier alpha value is -1.46. The van der Waals surface area contributed by atoms with Crippen molar-refractivity contribution in [2.75, 3.05) is 26.2 Å². The molecule has 4 nitrogen and oxygen atoms in total. The molecular formula is C25H36F19NO3S. The van der Waals surface area contributed by atoms with Crippen LogP contribution >= 0.6 is 0 Å². The van der Waals surface area contributed by atoms with Gasteiger partial charge < -0.3 is 9.04 Å². The molecule has 0 atom stereocenters. The summed E-state index contributed by atoms with van der Waals surface area (Å²) in [5.74, 6) is -62.3. The number of rotatable bonds is 20. The van der Waals surface area contributed by atoms with Gasteiger partial charge in [-0.05, 0) is 25.7 Å². The maximum atomic E-state index is 13.2. The topological polar surface area (TPSA) is 57.2 Å². The summed E-state index contributed by atoms with van der Waals surface area (Å²) in [6.07, 6.45) is 3.06. The molecule has 0 saturated heterocycles. The molecule has 0 saturated carbocycles. The highest BCUT2D eigenvalue weighted by atomic mass is 32.2. The monoisotopic (exact) mass is 791 g/mol. The van der Waals surface area contributed by atoms with Crippen LogP contribution in [0.3, 0.4) is 0 Å². The summed E-state index contributed by atoms with van der Waals surface area (Å²) in [7, 11) is -8.25. The molecule has 0 aliphatic heterocycles. The van der Waals surface area contributed by atoms with E-state index in [1.807, 2.05) is 0 Å². The van der Waals surface area contributed by atoms with Crippen LogP contribution in [0.5, 0.6) is 0 Å². The SMILES string of the molecule is CCCC[N+](CCCC)(CCCC)CCCC.O=S(=O)([O-])C(F)(F)C(F)(F)C(F)(F)C(F)(F)C(F)(F)C(F)(F)C(F)(F)C(F)(F)C(F)(F)F. The van der Waals surface area contributed by atoms with E-state index in [9.17, 15) is 96.4 Å². The van der Waals surface area contributed by atoms with E-state index in [4.69, 9.17) is 0 Å². The van der Waals surface area contributed by atoms with Gasteiger partial charge in [-0.25, -0.2) is 8.42 Å². The Bertz CT molecular complexity index is 1090. The predicted octanol–water partition coefficient (Wildman–Crippen LogP) is 10.1. The van der Waals surface area contributed by atoms with Crippen LogP contribution in [-0.4, -0.2) is 96.5 Å². The van der Waals surface area contributed by atoms with E-state index in [1.165, 1.54) is 82.0 Å². The van der Waals surface area contributed by atoms with E-state index in [0.29, 0.717) is 0 Å². The van der Waals surface area contributed by atoms with E-state index in [0.717, 1.165) is 0 Å². The predicted molar refractivity (Wildman–Crippen MR) is 135 cm³/mol. The summed E-state index contributed by atoms with van der Waals surface area (Å²) in [6.45, 7) is 15.0. The lowest BCUT2D eigenvalue weighted by Gasteiger charge is -2.43. The van der Waals surface area contributed by atoms with E-state index in [1.54, 1.807) is 0 Å². The minimum absolute atomic E-state index is 1.35. The minimum Gasteiger partial charge on any atom is -0.743 e. The second-order valence-electron chi connectivity index (χ2n) is 11.1. The summed E-state index contributed by atoms with van der Waals surface area (Å²) in [6, 6.07) is 0. The Morgan fingerprint density at radius 3 is 0.796 bits per heavy atom. The van der Waals surface area contributed by atoms with Crippen molar-refractivity contribution in [1.82, 2.24) is 0 Å². The zero-order valence-electron chi connectivity index (χ0n) is 26.2. The van der Waals surface area contributed by atoms with Gasteiger partial charge in [-0.2, -0.15) is 83.4 Å². The fourth-order valence-corrected chi connectivity index (χ4v) is 4.59. The lowest BCUT2D eigenvalue weighted by molar-refractivity contribution is -0.929. The third kappa shape index (κ3) is 9.32. The molecule has 0 bridgehead atoms. The first kappa shape index (κ1) is 49.7. The van der Waals surface area contributed by atoms with Gasteiger partial charge in [-0.15, -0.1) is 0 Å². The van der Waals surface area contributed by atoms with Gasteiger partial charge in [-0.3, -0.25) is 0 Å². The number of quaternary nitrogens is 1. The summed E-state index contributed by atoms with van der Waals surface area (Å²) >= 11 is 0. The van der Waals surface area contributed by atoms with E-state index < -0.39 is 63.0 Å². The molecule has 0 unspecified atom stereocenters. The molecule has 24 heteroatoms. The molecule has 0 aromatic carbocycles. The van der Waals surface area contributed by atoms with Gasteiger partial charge in [0.15, 0.2) is 10.1 Å². The van der Waals surface area contributed by atoms with Crippen LogP contribution in [0.25, 0.3) is 0 Å². The molecule has 0 heterocycles. The van der Waals surface area contributed by atoms with Crippen molar-refractivity contribution in [2.45, 2.75) is 132 Å².